The van der Waals surface area contributed by atoms with Crippen LogP contribution in [0.4, 0.5) is 10.1 Å². The lowest BCUT2D eigenvalue weighted by molar-refractivity contribution is -0.375. The van der Waals surface area contributed by atoms with Gasteiger partial charge in [-0.05, 0) is 35.1 Å². The maximum Gasteiger partial charge on any atom is 0.492 e. The van der Waals surface area contributed by atoms with Gasteiger partial charge >= 0.3 is 6.23 Å². The molecule has 0 radical (unpaired) electrons. The highest BCUT2D eigenvalue weighted by molar-refractivity contribution is 5.95. The number of benzene rings is 2. The molecule has 0 spiro atoms. The number of ether oxygens (including phenoxy) is 1. The maximum absolute atomic E-state index is 13.1. The van der Waals surface area contributed by atoms with Crippen LogP contribution in [-0.4, -0.2) is 16.4 Å². The molecule has 124 valence electrons. The van der Waals surface area contributed by atoms with Crippen LogP contribution in [0.3, 0.4) is 0 Å². The Balaban J connectivity index is 0.00000127. The molecule has 2 aromatic rings. The SMILES string of the molecule is CC.CC(C)c1cc(N)cc2ccc(C#N)c(OC(O)(O)F)c12. The summed E-state index contributed by atoms with van der Waals surface area (Å²) in [7, 11) is 0. The topological polar surface area (TPSA) is 99.5 Å². The van der Waals surface area contributed by atoms with Crippen molar-refractivity contribution in [2.45, 2.75) is 39.8 Å². The predicted octanol–water partition coefficient (Wildman–Crippen LogP) is 3.39. The first-order valence-electron chi connectivity index (χ1n) is 7.32. The van der Waals surface area contributed by atoms with Crippen LogP contribution in [0.25, 0.3) is 10.8 Å². The average Bonchev–Trinajstić information content (AvgIpc) is 2.47. The minimum absolute atomic E-state index is 0.000651. The third-order valence-corrected chi connectivity index (χ3v) is 3.10. The van der Waals surface area contributed by atoms with E-state index in [1.165, 1.54) is 6.07 Å². The third-order valence-electron chi connectivity index (χ3n) is 3.10. The average molecular weight is 320 g/mol. The van der Waals surface area contributed by atoms with Gasteiger partial charge < -0.3 is 20.7 Å². The number of nitrogens with zero attached hydrogens (tertiary/aromatic N) is 1. The Kier molecular flexibility index (Phi) is 5.91. The molecule has 0 aliphatic rings. The molecule has 6 heteroatoms. The third kappa shape index (κ3) is 4.31. The Morgan fingerprint density at radius 1 is 1.26 bits per heavy atom. The summed E-state index contributed by atoms with van der Waals surface area (Å²) in [5, 5.41) is 27.9. The number of nitriles is 1. The minimum Gasteiger partial charge on any atom is -0.411 e. The van der Waals surface area contributed by atoms with Crippen molar-refractivity contribution in [3.8, 4) is 11.8 Å². The van der Waals surface area contributed by atoms with Crippen LogP contribution in [0.1, 0.15) is 44.7 Å². The molecular weight excluding hydrogens is 299 g/mol. The number of nitrogens with two attached hydrogens (primary N) is 1. The van der Waals surface area contributed by atoms with Gasteiger partial charge in [-0.1, -0.05) is 33.8 Å². The van der Waals surface area contributed by atoms with E-state index >= 15 is 0 Å². The Morgan fingerprint density at radius 2 is 1.87 bits per heavy atom. The second-order valence-electron chi connectivity index (χ2n) is 5.05. The molecule has 0 saturated carbocycles. The van der Waals surface area contributed by atoms with Gasteiger partial charge in [0.15, 0.2) is 5.75 Å². The number of alkyl halides is 1. The summed E-state index contributed by atoms with van der Waals surface area (Å²) >= 11 is 0. The van der Waals surface area contributed by atoms with E-state index < -0.39 is 6.23 Å². The lowest BCUT2D eigenvalue weighted by Gasteiger charge is -2.19. The summed E-state index contributed by atoms with van der Waals surface area (Å²) in [5.74, 6) is -0.204. The molecule has 2 rings (SSSR count). The summed E-state index contributed by atoms with van der Waals surface area (Å²) in [6.07, 6.45) is -3.87. The number of anilines is 1. The van der Waals surface area contributed by atoms with Gasteiger partial charge in [-0.2, -0.15) is 5.26 Å². The van der Waals surface area contributed by atoms with Crippen LogP contribution in [0.5, 0.6) is 5.75 Å². The van der Waals surface area contributed by atoms with Crippen LogP contribution >= 0.6 is 0 Å². The smallest absolute Gasteiger partial charge is 0.411 e. The van der Waals surface area contributed by atoms with E-state index in [1.54, 1.807) is 18.2 Å². The van der Waals surface area contributed by atoms with E-state index in [0.29, 0.717) is 16.5 Å². The van der Waals surface area contributed by atoms with E-state index in [0.717, 1.165) is 5.56 Å². The Labute approximate surface area is 134 Å². The Morgan fingerprint density at radius 3 is 2.35 bits per heavy atom. The number of rotatable bonds is 3. The first kappa shape index (κ1) is 18.7. The van der Waals surface area contributed by atoms with Crippen molar-refractivity contribution < 1.29 is 19.3 Å². The summed E-state index contributed by atoms with van der Waals surface area (Å²) in [5.41, 5.74) is 7.07. The molecule has 4 N–H and O–H groups in total. The summed E-state index contributed by atoms with van der Waals surface area (Å²) < 4.78 is 17.6. The molecular formula is C17H21FN2O3. The van der Waals surface area contributed by atoms with Gasteiger partial charge in [0.2, 0.25) is 0 Å². The summed E-state index contributed by atoms with van der Waals surface area (Å²) in [6, 6.07) is 8.24. The maximum atomic E-state index is 13.1. The van der Waals surface area contributed by atoms with Crippen LogP contribution in [0.15, 0.2) is 24.3 Å². The number of hydrogen-bond donors (Lipinski definition) is 3. The van der Waals surface area contributed by atoms with Crippen molar-refractivity contribution in [2.24, 2.45) is 0 Å². The molecule has 0 unspecified atom stereocenters. The minimum atomic E-state index is -3.87. The highest BCUT2D eigenvalue weighted by atomic mass is 19.2. The van der Waals surface area contributed by atoms with E-state index in [4.69, 9.17) is 21.2 Å². The molecule has 0 fully saturated rings. The fourth-order valence-corrected chi connectivity index (χ4v) is 2.27. The molecule has 0 aliphatic heterocycles. The zero-order chi connectivity index (χ0) is 17.8. The van der Waals surface area contributed by atoms with Gasteiger partial charge in [0, 0.05) is 11.1 Å². The standard InChI is InChI=1S/C15H15FN2O3.C2H6/c1-8(2)12-6-11(18)5-9-3-4-10(7-17)14(13(9)12)21-15(16,19)20;1-2/h3-6,8,19-20H,18H2,1-2H3;1-2H3. The normalized spacial score (nSPS) is 10.9. The number of fused-ring (bicyclic) bond motifs is 1. The molecule has 5 nitrogen and oxygen atoms in total. The van der Waals surface area contributed by atoms with Crippen molar-refractivity contribution in [1.82, 2.24) is 0 Å². The number of halogens is 1. The van der Waals surface area contributed by atoms with Gasteiger partial charge in [0.1, 0.15) is 6.07 Å². The molecule has 0 atom stereocenters. The molecule has 0 aromatic heterocycles. The van der Waals surface area contributed by atoms with Gasteiger partial charge in [0.25, 0.3) is 0 Å². The number of aliphatic hydroxyl groups is 2. The summed E-state index contributed by atoms with van der Waals surface area (Å²) in [4.78, 5) is 0. The van der Waals surface area contributed by atoms with Crippen LogP contribution in [0.2, 0.25) is 0 Å². The number of nitrogen functional groups attached to an aromatic ring is 1. The van der Waals surface area contributed by atoms with Crippen molar-refractivity contribution in [1.29, 1.82) is 5.26 Å². The monoisotopic (exact) mass is 320 g/mol. The van der Waals surface area contributed by atoms with Gasteiger partial charge in [-0.25, -0.2) is 0 Å². The van der Waals surface area contributed by atoms with Crippen molar-refractivity contribution in [3.05, 3.63) is 35.4 Å². The van der Waals surface area contributed by atoms with Gasteiger partial charge in [-0.3, -0.25) is 0 Å². The Bertz CT molecular complexity index is 731. The molecule has 2 aromatic carbocycles. The highest BCUT2D eigenvalue weighted by Gasteiger charge is 2.28. The van der Waals surface area contributed by atoms with Crippen molar-refractivity contribution >= 4 is 16.5 Å². The molecule has 0 saturated heterocycles. The summed E-state index contributed by atoms with van der Waals surface area (Å²) in [6.45, 7) is 7.80. The van der Waals surface area contributed by atoms with E-state index in [1.807, 2.05) is 33.8 Å². The first-order chi connectivity index (χ1) is 10.7. The van der Waals surface area contributed by atoms with Crippen molar-refractivity contribution in [3.63, 3.8) is 0 Å². The fourth-order valence-electron chi connectivity index (χ4n) is 2.27. The van der Waals surface area contributed by atoms with Crippen LogP contribution in [-0.2, 0) is 0 Å². The zero-order valence-corrected chi connectivity index (χ0v) is 13.6. The second kappa shape index (κ2) is 7.27. The molecule has 23 heavy (non-hydrogen) atoms. The zero-order valence-electron chi connectivity index (χ0n) is 13.6. The highest BCUT2D eigenvalue weighted by Crippen LogP contribution is 2.38. The van der Waals surface area contributed by atoms with Crippen LogP contribution < -0.4 is 10.5 Å². The lowest BCUT2D eigenvalue weighted by atomic mass is 9.93. The van der Waals surface area contributed by atoms with E-state index in [2.05, 4.69) is 4.74 Å². The van der Waals surface area contributed by atoms with Gasteiger partial charge in [0.05, 0.1) is 5.56 Å². The Hall–Kier alpha value is -2.36. The largest absolute Gasteiger partial charge is 0.492 e. The second-order valence-corrected chi connectivity index (χ2v) is 5.05. The molecule has 0 heterocycles. The van der Waals surface area contributed by atoms with Crippen LogP contribution in [0, 0.1) is 11.3 Å². The quantitative estimate of drug-likeness (QED) is 0.594. The first-order valence-corrected chi connectivity index (χ1v) is 7.32. The molecule has 0 amide bonds. The van der Waals surface area contributed by atoms with Crippen molar-refractivity contribution in [2.75, 3.05) is 5.73 Å². The molecule has 0 bridgehead atoms. The van der Waals surface area contributed by atoms with E-state index in [-0.39, 0.29) is 17.2 Å². The fraction of sp³-hybridized carbons (Fsp3) is 0.353. The van der Waals surface area contributed by atoms with Gasteiger partial charge in [-0.15, -0.1) is 4.39 Å². The van der Waals surface area contributed by atoms with E-state index in [9.17, 15) is 4.39 Å². The molecule has 0 aliphatic carbocycles. The lowest BCUT2D eigenvalue weighted by Crippen LogP contribution is -2.29. The number of hydrogen-bond acceptors (Lipinski definition) is 5. The predicted molar refractivity (Wildman–Crippen MR) is 87.4 cm³/mol.